The largest absolute Gasteiger partial charge is 0.486 e. The molecule has 0 aliphatic carbocycles. The molecule has 0 saturated heterocycles. The topological polar surface area (TPSA) is 9.23 Å². The van der Waals surface area contributed by atoms with Crippen LogP contribution < -0.4 is 0 Å². The van der Waals surface area contributed by atoms with Crippen molar-refractivity contribution >= 4 is 0 Å². The fraction of sp³-hybridized carbons (Fsp3) is 0.125. The van der Waals surface area contributed by atoms with Crippen molar-refractivity contribution < 1.29 is 4.74 Å². The first kappa shape index (κ1) is 10.2. The molecule has 1 heteroatoms. The molecule has 2 aromatic rings. The van der Waals surface area contributed by atoms with Crippen LogP contribution in [0.25, 0.3) is 0 Å². The summed E-state index contributed by atoms with van der Waals surface area (Å²) < 4.78 is 5.79. The molecule has 0 spiro atoms. The number of hydrogen-bond donors (Lipinski definition) is 0. The molecule has 1 aliphatic rings. The second kappa shape index (κ2) is 4.46. The maximum absolute atomic E-state index is 5.79. The predicted molar refractivity (Wildman–Crippen MR) is 68.5 cm³/mol. The maximum Gasteiger partial charge on any atom is 0.145 e. The third-order valence-corrected chi connectivity index (χ3v) is 2.96. The molecule has 1 nitrogen and oxygen atoms in total. The first-order valence-corrected chi connectivity index (χ1v) is 5.88. The molecule has 0 saturated carbocycles. The van der Waals surface area contributed by atoms with Gasteiger partial charge in [-0.1, -0.05) is 60.7 Å². The average Bonchev–Trinajstić information content (AvgIpc) is 2.36. The number of rotatable bonds is 3. The summed E-state index contributed by atoms with van der Waals surface area (Å²) >= 11 is 0. The monoisotopic (exact) mass is 222 g/mol. The first-order valence-electron chi connectivity index (χ1n) is 5.88. The van der Waals surface area contributed by atoms with E-state index < -0.39 is 0 Å². The Morgan fingerprint density at radius 3 is 2.06 bits per heavy atom. The summed E-state index contributed by atoms with van der Waals surface area (Å²) in [4.78, 5) is 0. The number of allylic oxidation sites excluding steroid dienone is 1. The van der Waals surface area contributed by atoms with Crippen LogP contribution >= 0.6 is 0 Å². The van der Waals surface area contributed by atoms with E-state index in [0.717, 1.165) is 12.2 Å². The lowest BCUT2D eigenvalue weighted by atomic mass is 10.0. The third kappa shape index (κ3) is 2.23. The summed E-state index contributed by atoms with van der Waals surface area (Å²) in [7, 11) is 0. The van der Waals surface area contributed by atoms with E-state index in [-0.39, 0.29) is 6.10 Å². The Morgan fingerprint density at radius 1 is 0.824 bits per heavy atom. The highest BCUT2D eigenvalue weighted by molar-refractivity contribution is 5.29. The lowest BCUT2D eigenvalue weighted by Crippen LogP contribution is -2.13. The molecule has 2 aromatic carbocycles. The molecule has 1 unspecified atom stereocenters. The Kier molecular flexibility index (Phi) is 2.66. The Morgan fingerprint density at radius 2 is 1.41 bits per heavy atom. The smallest absolute Gasteiger partial charge is 0.145 e. The van der Waals surface area contributed by atoms with Gasteiger partial charge in [-0.2, -0.15) is 0 Å². The van der Waals surface area contributed by atoms with Crippen molar-refractivity contribution in [2.75, 3.05) is 0 Å². The number of hydrogen-bond acceptors (Lipinski definition) is 1. The summed E-state index contributed by atoms with van der Waals surface area (Å²) in [5.41, 5.74) is 2.52. The van der Waals surface area contributed by atoms with Gasteiger partial charge in [-0.3, -0.25) is 0 Å². The summed E-state index contributed by atoms with van der Waals surface area (Å²) in [6.07, 6.45) is 3.24. The van der Waals surface area contributed by atoms with E-state index in [2.05, 4.69) is 42.5 Å². The van der Waals surface area contributed by atoms with Crippen molar-refractivity contribution in [2.24, 2.45) is 0 Å². The van der Waals surface area contributed by atoms with Gasteiger partial charge in [0.2, 0.25) is 0 Å². The molecule has 0 fully saturated rings. The summed E-state index contributed by atoms with van der Waals surface area (Å²) in [6.45, 7) is 0. The van der Waals surface area contributed by atoms with Crippen molar-refractivity contribution in [1.29, 1.82) is 0 Å². The summed E-state index contributed by atoms with van der Waals surface area (Å²) in [6, 6.07) is 20.7. The van der Waals surface area contributed by atoms with E-state index in [4.69, 9.17) is 4.74 Å². The minimum atomic E-state index is 0.148. The van der Waals surface area contributed by atoms with Gasteiger partial charge < -0.3 is 4.74 Å². The van der Waals surface area contributed by atoms with E-state index in [1.807, 2.05) is 24.3 Å². The van der Waals surface area contributed by atoms with Crippen molar-refractivity contribution in [3.63, 3.8) is 0 Å². The zero-order valence-corrected chi connectivity index (χ0v) is 9.54. The van der Waals surface area contributed by atoms with Gasteiger partial charge in [-0.25, -0.2) is 0 Å². The van der Waals surface area contributed by atoms with E-state index >= 15 is 0 Å². The van der Waals surface area contributed by atoms with E-state index in [0.29, 0.717) is 0 Å². The minimum Gasteiger partial charge on any atom is -0.486 e. The van der Waals surface area contributed by atoms with Crippen LogP contribution in [-0.2, 0) is 11.2 Å². The zero-order valence-electron chi connectivity index (χ0n) is 9.54. The van der Waals surface area contributed by atoms with Gasteiger partial charge in [0.15, 0.2) is 0 Å². The second-order valence-corrected chi connectivity index (χ2v) is 4.24. The highest BCUT2D eigenvalue weighted by Gasteiger charge is 2.21. The van der Waals surface area contributed by atoms with Crippen molar-refractivity contribution in [3.8, 4) is 0 Å². The summed E-state index contributed by atoms with van der Waals surface area (Å²) in [5.74, 6) is 1.07. The number of benzene rings is 2. The molecule has 84 valence electrons. The van der Waals surface area contributed by atoms with Gasteiger partial charge in [-0.15, -0.1) is 0 Å². The molecule has 0 bridgehead atoms. The molecule has 1 aliphatic heterocycles. The molecule has 1 heterocycles. The van der Waals surface area contributed by atoms with Crippen molar-refractivity contribution in [1.82, 2.24) is 0 Å². The first-order chi connectivity index (χ1) is 8.42. The van der Waals surface area contributed by atoms with E-state index in [1.54, 1.807) is 0 Å². The fourth-order valence-corrected chi connectivity index (χ4v) is 2.04. The van der Waals surface area contributed by atoms with Crippen LogP contribution in [0.5, 0.6) is 0 Å². The van der Waals surface area contributed by atoms with Gasteiger partial charge in [0.25, 0.3) is 0 Å². The van der Waals surface area contributed by atoms with Crippen LogP contribution in [0.2, 0.25) is 0 Å². The van der Waals surface area contributed by atoms with E-state index in [9.17, 15) is 0 Å². The van der Waals surface area contributed by atoms with Crippen LogP contribution in [0.15, 0.2) is 72.5 Å². The minimum absolute atomic E-state index is 0.148. The quantitative estimate of drug-likeness (QED) is 0.765. The SMILES string of the molecule is C1=C(Cc2ccccc2)OC1c1ccccc1. The molecule has 3 rings (SSSR count). The van der Waals surface area contributed by atoms with Crippen LogP contribution in [0.3, 0.4) is 0 Å². The van der Waals surface area contributed by atoms with Gasteiger partial charge >= 0.3 is 0 Å². The molecule has 0 aromatic heterocycles. The lowest BCUT2D eigenvalue weighted by molar-refractivity contribution is 0.0988. The Bertz CT molecular complexity index is 514. The third-order valence-electron chi connectivity index (χ3n) is 2.96. The highest BCUT2D eigenvalue weighted by Crippen LogP contribution is 2.33. The van der Waals surface area contributed by atoms with Crippen molar-refractivity contribution in [2.45, 2.75) is 12.5 Å². The molecule has 17 heavy (non-hydrogen) atoms. The van der Waals surface area contributed by atoms with E-state index in [1.165, 1.54) is 11.1 Å². The predicted octanol–water partition coefficient (Wildman–Crippen LogP) is 3.88. The zero-order chi connectivity index (χ0) is 11.5. The lowest BCUT2D eigenvalue weighted by Gasteiger charge is -2.27. The van der Waals surface area contributed by atoms with Gasteiger partial charge in [0.1, 0.15) is 11.9 Å². The Hall–Kier alpha value is -2.02. The van der Waals surface area contributed by atoms with Crippen LogP contribution in [-0.4, -0.2) is 0 Å². The molecule has 0 N–H and O–H groups in total. The highest BCUT2D eigenvalue weighted by atomic mass is 16.5. The standard InChI is InChI=1S/C16H14O/c1-3-7-13(8-4-1)11-15-12-16(17-15)14-9-5-2-6-10-14/h1-10,12,16H,11H2. The normalized spacial score (nSPS) is 17.9. The average molecular weight is 222 g/mol. The van der Waals surface area contributed by atoms with Crippen molar-refractivity contribution in [3.05, 3.63) is 83.6 Å². The maximum atomic E-state index is 5.79. The summed E-state index contributed by atoms with van der Waals surface area (Å²) in [5, 5.41) is 0. The van der Waals surface area contributed by atoms with Gasteiger partial charge in [0, 0.05) is 6.42 Å². The molecular formula is C16H14O. The number of ether oxygens (including phenoxy) is 1. The fourth-order valence-electron chi connectivity index (χ4n) is 2.04. The molecule has 0 radical (unpaired) electrons. The van der Waals surface area contributed by atoms with Gasteiger partial charge in [-0.05, 0) is 17.2 Å². The Labute approximate surface area is 101 Å². The second-order valence-electron chi connectivity index (χ2n) is 4.24. The van der Waals surface area contributed by atoms with Gasteiger partial charge in [0.05, 0.1) is 0 Å². The molecular weight excluding hydrogens is 208 g/mol. The molecule has 0 amide bonds. The van der Waals surface area contributed by atoms with Crippen LogP contribution in [0.4, 0.5) is 0 Å². The van der Waals surface area contributed by atoms with Crippen LogP contribution in [0, 0.1) is 0 Å². The Balaban J connectivity index is 1.67. The van der Waals surface area contributed by atoms with Crippen LogP contribution in [0.1, 0.15) is 17.2 Å². The molecule has 1 atom stereocenters.